The fraction of sp³-hybridized carbons (Fsp3) is 0.529. The summed E-state index contributed by atoms with van der Waals surface area (Å²) >= 11 is 0. The SMILES string of the molecule is CCC(CN)Cc1nc(C2(c3ccccc3)CCC2)no1. The highest BCUT2D eigenvalue weighted by Crippen LogP contribution is 2.47. The molecule has 21 heavy (non-hydrogen) atoms. The van der Waals surface area contributed by atoms with Gasteiger partial charge in [-0.2, -0.15) is 4.98 Å². The zero-order chi connectivity index (χ0) is 14.7. The van der Waals surface area contributed by atoms with E-state index in [2.05, 4.69) is 41.3 Å². The highest BCUT2D eigenvalue weighted by atomic mass is 16.5. The Morgan fingerprint density at radius 2 is 2.05 bits per heavy atom. The van der Waals surface area contributed by atoms with E-state index in [1.54, 1.807) is 0 Å². The molecule has 1 aliphatic carbocycles. The third kappa shape index (κ3) is 2.60. The molecule has 0 radical (unpaired) electrons. The van der Waals surface area contributed by atoms with Gasteiger partial charge in [0, 0.05) is 6.42 Å². The highest BCUT2D eigenvalue weighted by molar-refractivity contribution is 5.35. The molecule has 0 spiro atoms. The minimum Gasteiger partial charge on any atom is -0.339 e. The monoisotopic (exact) mass is 285 g/mol. The molecule has 0 bridgehead atoms. The molecular formula is C17H23N3O. The van der Waals surface area contributed by atoms with Crippen LogP contribution in [0.3, 0.4) is 0 Å². The Morgan fingerprint density at radius 1 is 1.29 bits per heavy atom. The maximum atomic E-state index is 5.76. The molecule has 4 nitrogen and oxygen atoms in total. The Labute approximate surface area is 125 Å². The second kappa shape index (κ2) is 5.98. The summed E-state index contributed by atoms with van der Waals surface area (Å²) in [6, 6.07) is 10.5. The van der Waals surface area contributed by atoms with Crippen molar-refractivity contribution in [1.29, 1.82) is 0 Å². The normalized spacial score (nSPS) is 18.2. The Kier molecular flexibility index (Phi) is 4.06. The molecule has 1 aromatic heterocycles. The number of rotatable bonds is 6. The van der Waals surface area contributed by atoms with Gasteiger partial charge in [0.05, 0.1) is 5.41 Å². The molecule has 0 aliphatic heterocycles. The fourth-order valence-electron chi connectivity index (χ4n) is 3.10. The lowest BCUT2D eigenvalue weighted by molar-refractivity contribution is 0.270. The Balaban J connectivity index is 1.84. The van der Waals surface area contributed by atoms with Crippen LogP contribution in [-0.2, 0) is 11.8 Å². The molecule has 1 fully saturated rings. The van der Waals surface area contributed by atoms with Crippen molar-refractivity contribution in [3.05, 3.63) is 47.6 Å². The summed E-state index contributed by atoms with van der Waals surface area (Å²) in [7, 11) is 0. The third-order valence-electron chi connectivity index (χ3n) is 4.80. The first-order valence-electron chi connectivity index (χ1n) is 7.87. The van der Waals surface area contributed by atoms with Crippen LogP contribution in [0.25, 0.3) is 0 Å². The minimum atomic E-state index is -0.0343. The van der Waals surface area contributed by atoms with Crippen molar-refractivity contribution in [2.45, 2.75) is 44.4 Å². The first kappa shape index (κ1) is 14.3. The van der Waals surface area contributed by atoms with Crippen LogP contribution in [0.5, 0.6) is 0 Å². The highest BCUT2D eigenvalue weighted by Gasteiger charge is 2.44. The number of nitrogens with zero attached hydrogens (tertiary/aromatic N) is 2. The van der Waals surface area contributed by atoms with Crippen LogP contribution < -0.4 is 5.73 Å². The standard InChI is InChI=1S/C17H23N3O/c1-2-13(12-18)11-15-19-16(20-21-15)17(9-6-10-17)14-7-4-3-5-8-14/h3-5,7-8,13H,2,6,9-12,18H2,1H3. The van der Waals surface area contributed by atoms with Gasteiger partial charge in [-0.1, -0.05) is 55.3 Å². The lowest BCUT2D eigenvalue weighted by atomic mass is 9.64. The molecule has 2 aromatic rings. The van der Waals surface area contributed by atoms with E-state index in [1.165, 1.54) is 12.0 Å². The second-order valence-corrected chi connectivity index (χ2v) is 6.03. The molecule has 1 heterocycles. The summed E-state index contributed by atoms with van der Waals surface area (Å²) in [5.74, 6) is 2.00. The van der Waals surface area contributed by atoms with Crippen molar-refractivity contribution < 1.29 is 4.52 Å². The zero-order valence-corrected chi connectivity index (χ0v) is 12.6. The molecule has 0 saturated heterocycles. The van der Waals surface area contributed by atoms with E-state index >= 15 is 0 Å². The quantitative estimate of drug-likeness (QED) is 0.886. The lowest BCUT2D eigenvalue weighted by Crippen LogP contribution is -2.36. The van der Waals surface area contributed by atoms with Crippen LogP contribution in [0.2, 0.25) is 0 Å². The summed E-state index contributed by atoms with van der Waals surface area (Å²) in [5.41, 5.74) is 7.03. The van der Waals surface area contributed by atoms with Crippen molar-refractivity contribution in [2.75, 3.05) is 6.54 Å². The third-order valence-corrected chi connectivity index (χ3v) is 4.80. The average molecular weight is 285 g/mol. The van der Waals surface area contributed by atoms with E-state index in [4.69, 9.17) is 10.3 Å². The summed E-state index contributed by atoms with van der Waals surface area (Å²) in [6.07, 6.45) is 5.25. The summed E-state index contributed by atoms with van der Waals surface area (Å²) < 4.78 is 5.49. The number of hydrogen-bond acceptors (Lipinski definition) is 4. The van der Waals surface area contributed by atoms with Crippen LogP contribution in [0.4, 0.5) is 0 Å². The predicted octanol–water partition coefficient (Wildman–Crippen LogP) is 3.07. The van der Waals surface area contributed by atoms with Gasteiger partial charge in [-0.05, 0) is 30.9 Å². The smallest absolute Gasteiger partial charge is 0.227 e. The van der Waals surface area contributed by atoms with Gasteiger partial charge in [-0.15, -0.1) is 0 Å². The van der Waals surface area contributed by atoms with Gasteiger partial charge in [0.1, 0.15) is 0 Å². The first-order valence-corrected chi connectivity index (χ1v) is 7.87. The fourth-order valence-corrected chi connectivity index (χ4v) is 3.10. The molecule has 1 unspecified atom stereocenters. The number of aromatic nitrogens is 2. The van der Waals surface area contributed by atoms with Gasteiger partial charge < -0.3 is 10.3 Å². The molecule has 1 saturated carbocycles. The van der Waals surface area contributed by atoms with Gasteiger partial charge in [-0.3, -0.25) is 0 Å². The van der Waals surface area contributed by atoms with E-state index in [9.17, 15) is 0 Å². The van der Waals surface area contributed by atoms with E-state index in [0.29, 0.717) is 12.5 Å². The summed E-state index contributed by atoms with van der Waals surface area (Å²) in [5, 5.41) is 4.28. The van der Waals surface area contributed by atoms with Gasteiger partial charge in [-0.25, -0.2) is 0 Å². The molecule has 0 amide bonds. The molecule has 4 heteroatoms. The van der Waals surface area contributed by atoms with Gasteiger partial charge in [0.2, 0.25) is 5.89 Å². The van der Waals surface area contributed by atoms with Crippen molar-refractivity contribution in [3.8, 4) is 0 Å². The Bertz CT molecular complexity index is 571. The molecule has 1 aromatic carbocycles. The largest absolute Gasteiger partial charge is 0.339 e. The van der Waals surface area contributed by atoms with Crippen LogP contribution in [0.1, 0.15) is 49.9 Å². The van der Waals surface area contributed by atoms with Crippen molar-refractivity contribution in [1.82, 2.24) is 10.1 Å². The van der Waals surface area contributed by atoms with Crippen molar-refractivity contribution in [2.24, 2.45) is 11.7 Å². The Morgan fingerprint density at radius 3 is 2.62 bits per heavy atom. The van der Waals surface area contributed by atoms with E-state index in [1.807, 2.05) is 6.07 Å². The molecule has 3 rings (SSSR count). The van der Waals surface area contributed by atoms with Crippen LogP contribution >= 0.6 is 0 Å². The number of benzene rings is 1. The second-order valence-electron chi connectivity index (χ2n) is 6.03. The molecular weight excluding hydrogens is 262 g/mol. The maximum Gasteiger partial charge on any atom is 0.227 e. The lowest BCUT2D eigenvalue weighted by Gasteiger charge is -2.39. The maximum absolute atomic E-state index is 5.76. The summed E-state index contributed by atoms with van der Waals surface area (Å²) in [4.78, 5) is 4.68. The topological polar surface area (TPSA) is 64.9 Å². The zero-order valence-electron chi connectivity index (χ0n) is 12.6. The molecule has 112 valence electrons. The number of hydrogen-bond donors (Lipinski definition) is 1. The average Bonchev–Trinajstić information content (AvgIpc) is 2.93. The van der Waals surface area contributed by atoms with Crippen molar-refractivity contribution in [3.63, 3.8) is 0 Å². The van der Waals surface area contributed by atoms with Crippen LogP contribution in [0, 0.1) is 5.92 Å². The van der Waals surface area contributed by atoms with E-state index in [-0.39, 0.29) is 5.41 Å². The first-order chi connectivity index (χ1) is 10.3. The molecule has 1 atom stereocenters. The van der Waals surface area contributed by atoms with Gasteiger partial charge in [0.25, 0.3) is 0 Å². The molecule has 1 aliphatic rings. The van der Waals surface area contributed by atoms with Crippen LogP contribution in [0.15, 0.2) is 34.9 Å². The van der Waals surface area contributed by atoms with Gasteiger partial charge in [0.15, 0.2) is 5.82 Å². The summed E-state index contributed by atoms with van der Waals surface area (Å²) in [6.45, 7) is 2.81. The Hall–Kier alpha value is -1.68. The minimum absolute atomic E-state index is 0.0343. The number of nitrogens with two attached hydrogens (primary N) is 1. The van der Waals surface area contributed by atoms with E-state index in [0.717, 1.165) is 37.4 Å². The predicted molar refractivity (Wildman–Crippen MR) is 81.9 cm³/mol. The van der Waals surface area contributed by atoms with Crippen LogP contribution in [-0.4, -0.2) is 16.7 Å². The van der Waals surface area contributed by atoms with E-state index < -0.39 is 0 Å². The van der Waals surface area contributed by atoms with Crippen molar-refractivity contribution >= 4 is 0 Å². The molecule has 2 N–H and O–H groups in total. The van der Waals surface area contributed by atoms with Gasteiger partial charge >= 0.3 is 0 Å².